The van der Waals surface area contributed by atoms with E-state index in [1.807, 2.05) is 40.1 Å². The molecule has 0 aliphatic carbocycles. The van der Waals surface area contributed by atoms with E-state index in [0.717, 1.165) is 31.5 Å². The quantitative estimate of drug-likeness (QED) is 0.738. The Morgan fingerprint density at radius 1 is 0.912 bits per heavy atom. The number of rotatable bonds is 5. The standard InChI is InChI=1S/C27H34N4O3/c1-29-15-17-31(18-16-29)26(33)25(21-7-3-2-4-8-21)28-19-24(32)30-13-11-27(12-14-30)23-10-6-5-9-22(23)20-34-27/h2-10,25,28H,11-20H2,1H3/t25-/m1/s1. The molecule has 2 fully saturated rings. The summed E-state index contributed by atoms with van der Waals surface area (Å²) in [6, 6.07) is 17.6. The molecule has 3 aliphatic rings. The highest BCUT2D eigenvalue weighted by Crippen LogP contribution is 2.43. The topological polar surface area (TPSA) is 65.1 Å². The van der Waals surface area contributed by atoms with Crippen LogP contribution in [0.1, 0.15) is 35.6 Å². The van der Waals surface area contributed by atoms with Crippen LogP contribution in [0.3, 0.4) is 0 Å². The predicted octanol–water partition coefficient (Wildman–Crippen LogP) is 2.14. The van der Waals surface area contributed by atoms with Crippen LogP contribution in [0, 0.1) is 0 Å². The lowest BCUT2D eigenvalue weighted by Gasteiger charge is -2.39. The smallest absolute Gasteiger partial charge is 0.244 e. The summed E-state index contributed by atoms with van der Waals surface area (Å²) in [6.45, 7) is 5.28. The minimum Gasteiger partial charge on any atom is -0.365 e. The summed E-state index contributed by atoms with van der Waals surface area (Å²) in [5.41, 5.74) is 3.18. The van der Waals surface area contributed by atoms with Gasteiger partial charge in [-0.1, -0.05) is 54.6 Å². The highest BCUT2D eigenvalue weighted by Gasteiger charge is 2.43. The molecule has 0 unspecified atom stereocenters. The number of benzene rings is 2. The number of piperidine rings is 1. The van der Waals surface area contributed by atoms with Gasteiger partial charge in [0.2, 0.25) is 11.8 Å². The average Bonchev–Trinajstić information content (AvgIpc) is 3.23. The van der Waals surface area contributed by atoms with Crippen LogP contribution in [0.4, 0.5) is 0 Å². The Morgan fingerprint density at radius 2 is 1.59 bits per heavy atom. The molecule has 1 spiro atoms. The molecule has 180 valence electrons. The molecular weight excluding hydrogens is 428 g/mol. The molecule has 34 heavy (non-hydrogen) atoms. The first-order chi connectivity index (χ1) is 16.6. The van der Waals surface area contributed by atoms with Crippen molar-refractivity contribution in [1.29, 1.82) is 0 Å². The highest BCUT2D eigenvalue weighted by molar-refractivity contribution is 5.85. The van der Waals surface area contributed by atoms with E-state index >= 15 is 0 Å². The third kappa shape index (κ3) is 4.60. The third-order valence-corrected chi connectivity index (χ3v) is 7.59. The lowest BCUT2D eigenvalue weighted by Crippen LogP contribution is -2.52. The molecule has 7 nitrogen and oxygen atoms in total. The van der Waals surface area contributed by atoms with Gasteiger partial charge in [-0.05, 0) is 36.6 Å². The normalized spacial score (nSPS) is 20.9. The molecule has 3 aliphatic heterocycles. The number of ether oxygens (including phenoxy) is 1. The van der Waals surface area contributed by atoms with E-state index in [-0.39, 0.29) is 24.0 Å². The minimum absolute atomic E-state index is 0.0354. The number of hydrogen-bond donors (Lipinski definition) is 1. The Labute approximate surface area is 201 Å². The van der Waals surface area contributed by atoms with E-state index in [1.165, 1.54) is 11.1 Å². The number of carbonyl (C=O) groups excluding carboxylic acids is 2. The van der Waals surface area contributed by atoms with Gasteiger partial charge in [-0.15, -0.1) is 0 Å². The molecule has 5 rings (SSSR count). The van der Waals surface area contributed by atoms with Crippen LogP contribution in [-0.2, 0) is 26.5 Å². The van der Waals surface area contributed by atoms with Crippen molar-refractivity contribution in [2.45, 2.75) is 31.1 Å². The van der Waals surface area contributed by atoms with Crippen molar-refractivity contribution in [2.24, 2.45) is 0 Å². The monoisotopic (exact) mass is 462 g/mol. The van der Waals surface area contributed by atoms with Crippen molar-refractivity contribution in [3.8, 4) is 0 Å². The van der Waals surface area contributed by atoms with Crippen molar-refractivity contribution in [3.05, 3.63) is 71.3 Å². The zero-order valence-electron chi connectivity index (χ0n) is 19.9. The van der Waals surface area contributed by atoms with E-state index in [1.54, 1.807) is 0 Å². The van der Waals surface area contributed by atoms with Gasteiger partial charge in [-0.3, -0.25) is 14.9 Å². The highest BCUT2D eigenvalue weighted by atomic mass is 16.5. The molecule has 1 atom stereocenters. The number of carbonyl (C=O) groups is 2. The number of fused-ring (bicyclic) bond motifs is 2. The number of likely N-dealkylation sites (tertiary alicyclic amines) is 1. The van der Waals surface area contributed by atoms with Crippen LogP contribution in [-0.4, -0.2) is 79.4 Å². The Morgan fingerprint density at radius 3 is 2.32 bits per heavy atom. The van der Waals surface area contributed by atoms with Crippen molar-refractivity contribution in [3.63, 3.8) is 0 Å². The Balaban J connectivity index is 1.21. The first-order valence-corrected chi connectivity index (χ1v) is 12.3. The predicted molar refractivity (Wildman–Crippen MR) is 130 cm³/mol. The van der Waals surface area contributed by atoms with Crippen molar-refractivity contribution in [1.82, 2.24) is 20.0 Å². The number of piperazine rings is 1. The van der Waals surface area contributed by atoms with Gasteiger partial charge < -0.3 is 19.4 Å². The molecule has 0 aromatic heterocycles. The molecule has 2 amide bonds. The fourth-order valence-electron chi connectivity index (χ4n) is 5.42. The van der Waals surface area contributed by atoms with Crippen LogP contribution in [0.25, 0.3) is 0 Å². The maximum Gasteiger partial charge on any atom is 0.244 e. The van der Waals surface area contributed by atoms with Gasteiger partial charge in [0.05, 0.1) is 18.8 Å². The molecule has 1 N–H and O–H groups in total. The summed E-state index contributed by atoms with van der Waals surface area (Å²) in [5, 5.41) is 3.29. The van der Waals surface area contributed by atoms with Crippen LogP contribution >= 0.6 is 0 Å². The fraction of sp³-hybridized carbons (Fsp3) is 0.481. The minimum atomic E-state index is -0.519. The number of nitrogens with zero attached hydrogens (tertiary/aromatic N) is 3. The molecule has 2 saturated heterocycles. The Bertz CT molecular complexity index is 1010. The summed E-state index contributed by atoms with van der Waals surface area (Å²) in [7, 11) is 2.07. The average molecular weight is 463 g/mol. The number of amides is 2. The van der Waals surface area contributed by atoms with E-state index in [9.17, 15) is 9.59 Å². The lowest BCUT2D eigenvalue weighted by atomic mass is 9.84. The lowest BCUT2D eigenvalue weighted by molar-refractivity contribution is -0.138. The molecule has 3 heterocycles. The molecule has 7 heteroatoms. The summed E-state index contributed by atoms with van der Waals surface area (Å²) < 4.78 is 6.23. The Kier molecular flexibility index (Phi) is 6.68. The molecule has 0 bridgehead atoms. The maximum atomic E-state index is 13.4. The third-order valence-electron chi connectivity index (χ3n) is 7.59. The first kappa shape index (κ1) is 23.0. The van der Waals surface area contributed by atoms with Crippen molar-refractivity contribution < 1.29 is 14.3 Å². The van der Waals surface area contributed by atoms with E-state index < -0.39 is 6.04 Å². The summed E-state index contributed by atoms with van der Waals surface area (Å²) in [6.07, 6.45) is 1.61. The number of likely N-dealkylation sites (N-methyl/N-ethyl adjacent to an activating group) is 1. The second kappa shape index (κ2) is 9.86. The zero-order chi connectivity index (χ0) is 23.5. The summed E-state index contributed by atoms with van der Waals surface area (Å²) in [5.74, 6) is 0.0777. The van der Waals surface area contributed by atoms with Crippen LogP contribution in [0.2, 0.25) is 0 Å². The first-order valence-electron chi connectivity index (χ1n) is 12.3. The van der Waals surface area contributed by atoms with Crippen molar-refractivity contribution >= 4 is 11.8 Å². The molecule has 0 saturated carbocycles. The van der Waals surface area contributed by atoms with Gasteiger partial charge >= 0.3 is 0 Å². The van der Waals surface area contributed by atoms with Crippen LogP contribution in [0.5, 0.6) is 0 Å². The zero-order valence-corrected chi connectivity index (χ0v) is 19.9. The maximum absolute atomic E-state index is 13.4. The summed E-state index contributed by atoms with van der Waals surface area (Å²) in [4.78, 5) is 32.5. The largest absolute Gasteiger partial charge is 0.365 e. The molecular formula is C27H34N4O3. The van der Waals surface area contributed by atoms with Crippen LogP contribution in [0.15, 0.2) is 54.6 Å². The van der Waals surface area contributed by atoms with Gasteiger partial charge in [0.15, 0.2) is 0 Å². The molecule has 0 radical (unpaired) electrons. The van der Waals surface area contributed by atoms with Gasteiger partial charge in [0.25, 0.3) is 0 Å². The van der Waals surface area contributed by atoms with Gasteiger partial charge in [-0.25, -0.2) is 0 Å². The van der Waals surface area contributed by atoms with Crippen LogP contribution < -0.4 is 5.32 Å². The summed E-state index contributed by atoms with van der Waals surface area (Å²) >= 11 is 0. The number of hydrogen-bond acceptors (Lipinski definition) is 5. The van der Waals surface area contributed by atoms with E-state index in [0.29, 0.717) is 32.8 Å². The van der Waals surface area contributed by atoms with Gasteiger partial charge in [-0.2, -0.15) is 0 Å². The second-order valence-corrected chi connectivity index (χ2v) is 9.67. The van der Waals surface area contributed by atoms with E-state index in [2.05, 4.69) is 41.5 Å². The second-order valence-electron chi connectivity index (χ2n) is 9.67. The van der Waals surface area contributed by atoms with Crippen molar-refractivity contribution in [2.75, 3.05) is 52.9 Å². The molecule has 2 aromatic rings. The fourth-order valence-corrected chi connectivity index (χ4v) is 5.42. The van der Waals surface area contributed by atoms with Gasteiger partial charge in [0.1, 0.15) is 6.04 Å². The van der Waals surface area contributed by atoms with Gasteiger partial charge in [0, 0.05) is 39.3 Å². The number of nitrogens with one attached hydrogen (secondary N) is 1. The molecule has 2 aromatic carbocycles. The van der Waals surface area contributed by atoms with E-state index in [4.69, 9.17) is 4.74 Å². The Hall–Kier alpha value is -2.74. The SMILES string of the molecule is CN1CCN(C(=O)[C@H](NCC(=O)N2CCC3(CC2)OCc2ccccc23)c2ccccc2)CC1.